The van der Waals surface area contributed by atoms with E-state index in [-0.39, 0.29) is 6.04 Å². The average molecular weight is 259 g/mol. The first-order valence-electron chi connectivity index (χ1n) is 5.70. The molecule has 0 saturated carbocycles. The Balaban J connectivity index is 2.50. The van der Waals surface area contributed by atoms with Crippen molar-refractivity contribution in [1.82, 2.24) is 9.55 Å². The highest BCUT2D eigenvalue weighted by atomic mass is 32.2. The summed E-state index contributed by atoms with van der Waals surface area (Å²) >= 11 is 0. The van der Waals surface area contributed by atoms with Crippen molar-refractivity contribution in [2.75, 3.05) is 37.6 Å². The lowest BCUT2D eigenvalue weighted by atomic mass is 10.4. The third kappa shape index (κ3) is 4.87. The van der Waals surface area contributed by atoms with Crippen molar-refractivity contribution in [3.63, 3.8) is 0 Å². The Hall–Kier alpha value is -0.880. The van der Waals surface area contributed by atoms with Crippen LogP contribution < -0.4 is 5.32 Å². The lowest BCUT2D eigenvalue weighted by Gasteiger charge is -2.15. The molecule has 0 aliphatic heterocycles. The van der Waals surface area contributed by atoms with Gasteiger partial charge in [0.2, 0.25) is 5.95 Å². The van der Waals surface area contributed by atoms with Crippen molar-refractivity contribution < 1.29 is 8.95 Å². The van der Waals surface area contributed by atoms with Crippen LogP contribution in [0.4, 0.5) is 5.95 Å². The zero-order valence-corrected chi connectivity index (χ0v) is 11.5. The minimum absolute atomic E-state index is 0.188. The molecule has 1 heterocycles. The predicted molar refractivity (Wildman–Crippen MR) is 70.9 cm³/mol. The molecule has 0 aromatic carbocycles. The number of nitrogens with one attached hydrogen (secondary N) is 1. The largest absolute Gasteiger partial charge is 0.385 e. The summed E-state index contributed by atoms with van der Waals surface area (Å²) in [6.07, 6.45) is 6.33. The second-order valence-corrected chi connectivity index (χ2v) is 5.50. The summed E-state index contributed by atoms with van der Waals surface area (Å²) in [7, 11) is 0.900. The normalized spacial score (nSPS) is 14.5. The molecule has 1 rings (SSSR count). The Morgan fingerprint density at radius 1 is 1.65 bits per heavy atom. The second kappa shape index (κ2) is 7.45. The summed E-state index contributed by atoms with van der Waals surface area (Å²) in [5, 5.41) is 3.26. The van der Waals surface area contributed by atoms with Crippen LogP contribution in [0.1, 0.15) is 19.4 Å². The highest BCUT2D eigenvalue weighted by Gasteiger charge is 2.10. The summed E-state index contributed by atoms with van der Waals surface area (Å²) in [6, 6.07) is 0.188. The number of aromatic nitrogens is 2. The maximum Gasteiger partial charge on any atom is 0.203 e. The molecule has 0 aliphatic carbocycles. The van der Waals surface area contributed by atoms with Gasteiger partial charge >= 0.3 is 0 Å². The fraction of sp³-hybridized carbons (Fsp3) is 0.727. The Bertz CT molecular complexity index is 354. The Morgan fingerprint density at radius 2 is 2.41 bits per heavy atom. The molecule has 0 spiro atoms. The predicted octanol–water partition coefficient (Wildman–Crippen LogP) is 1.27. The summed E-state index contributed by atoms with van der Waals surface area (Å²) in [5.74, 6) is 1.47. The molecule has 0 bridgehead atoms. The van der Waals surface area contributed by atoms with E-state index in [1.807, 2.05) is 17.7 Å². The number of rotatable bonds is 8. The molecule has 5 nitrogen and oxygen atoms in total. The molecule has 17 heavy (non-hydrogen) atoms. The van der Waals surface area contributed by atoms with Gasteiger partial charge in [-0.3, -0.25) is 4.21 Å². The molecule has 0 radical (unpaired) electrons. The van der Waals surface area contributed by atoms with Gasteiger partial charge in [-0.25, -0.2) is 4.98 Å². The number of methoxy groups -OCH3 is 1. The third-order valence-electron chi connectivity index (χ3n) is 2.43. The lowest BCUT2D eigenvalue weighted by molar-refractivity contribution is 0.197. The first kappa shape index (κ1) is 14.2. The highest BCUT2D eigenvalue weighted by Crippen LogP contribution is 2.14. The lowest BCUT2D eigenvalue weighted by Crippen LogP contribution is -2.16. The van der Waals surface area contributed by atoms with Gasteiger partial charge in [0.15, 0.2) is 0 Å². The smallest absolute Gasteiger partial charge is 0.203 e. The summed E-state index contributed by atoms with van der Waals surface area (Å²) in [5.41, 5.74) is 0. The first-order valence-corrected chi connectivity index (χ1v) is 7.43. The van der Waals surface area contributed by atoms with Gasteiger partial charge in [-0.1, -0.05) is 0 Å². The Kier molecular flexibility index (Phi) is 6.21. The van der Waals surface area contributed by atoms with E-state index in [1.165, 1.54) is 0 Å². The van der Waals surface area contributed by atoms with E-state index in [0.717, 1.165) is 25.5 Å². The maximum atomic E-state index is 11.2. The second-order valence-electron chi connectivity index (χ2n) is 4.02. The third-order valence-corrected chi connectivity index (χ3v) is 3.38. The van der Waals surface area contributed by atoms with Crippen LogP contribution >= 0.6 is 0 Å². The zero-order valence-electron chi connectivity index (χ0n) is 10.7. The van der Waals surface area contributed by atoms with Gasteiger partial charge in [0.25, 0.3) is 0 Å². The van der Waals surface area contributed by atoms with E-state index < -0.39 is 10.8 Å². The molecule has 2 atom stereocenters. The quantitative estimate of drug-likeness (QED) is 0.714. The number of ether oxygens (including phenoxy) is 1. The minimum atomic E-state index is -0.794. The fourth-order valence-corrected chi connectivity index (χ4v) is 2.48. The van der Waals surface area contributed by atoms with Crippen molar-refractivity contribution >= 4 is 16.7 Å². The molecular formula is C11H21N3O2S. The number of imidazole rings is 1. The van der Waals surface area contributed by atoms with Gasteiger partial charge in [-0.15, -0.1) is 0 Å². The average Bonchev–Trinajstić information content (AvgIpc) is 2.71. The maximum absolute atomic E-state index is 11.2. The van der Waals surface area contributed by atoms with Crippen LogP contribution in [0.15, 0.2) is 12.4 Å². The zero-order chi connectivity index (χ0) is 12.7. The Labute approximate surface area is 105 Å². The topological polar surface area (TPSA) is 56.1 Å². The van der Waals surface area contributed by atoms with Crippen molar-refractivity contribution in [3.05, 3.63) is 12.4 Å². The molecule has 1 aromatic heterocycles. The number of anilines is 1. The van der Waals surface area contributed by atoms with E-state index in [0.29, 0.717) is 5.75 Å². The summed E-state index contributed by atoms with van der Waals surface area (Å²) in [6.45, 7) is 3.61. The van der Waals surface area contributed by atoms with Crippen LogP contribution in [0.25, 0.3) is 0 Å². The molecule has 0 aliphatic rings. The van der Waals surface area contributed by atoms with Gasteiger partial charge < -0.3 is 14.6 Å². The molecular weight excluding hydrogens is 238 g/mol. The monoisotopic (exact) mass is 259 g/mol. The highest BCUT2D eigenvalue weighted by molar-refractivity contribution is 7.84. The fourth-order valence-electron chi connectivity index (χ4n) is 1.64. The van der Waals surface area contributed by atoms with Crippen molar-refractivity contribution in [2.45, 2.75) is 19.4 Å². The van der Waals surface area contributed by atoms with Crippen LogP contribution in [-0.4, -0.2) is 46.0 Å². The van der Waals surface area contributed by atoms with E-state index >= 15 is 0 Å². The number of nitrogens with zero attached hydrogens (tertiary/aromatic N) is 2. The molecule has 0 amide bonds. The summed E-state index contributed by atoms with van der Waals surface area (Å²) < 4.78 is 18.2. The van der Waals surface area contributed by atoms with E-state index in [4.69, 9.17) is 4.74 Å². The first-order chi connectivity index (χ1) is 8.15. The molecule has 1 aromatic rings. The van der Waals surface area contributed by atoms with Crippen LogP contribution in [-0.2, 0) is 15.5 Å². The SMILES string of the molecule is COCCCNc1nccn1C(C)CS(C)=O. The summed E-state index contributed by atoms with van der Waals surface area (Å²) in [4.78, 5) is 4.25. The molecule has 2 unspecified atom stereocenters. The van der Waals surface area contributed by atoms with Gasteiger partial charge in [0.05, 0.1) is 0 Å². The number of hydrogen-bond donors (Lipinski definition) is 1. The van der Waals surface area contributed by atoms with Gasteiger partial charge in [-0.05, 0) is 13.3 Å². The van der Waals surface area contributed by atoms with Crippen LogP contribution in [0.2, 0.25) is 0 Å². The van der Waals surface area contributed by atoms with E-state index in [2.05, 4.69) is 10.3 Å². The van der Waals surface area contributed by atoms with Gasteiger partial charge in [-0.2, -0.15) is 0 Å². The number of hydrogen-bond acceptors (Lipinski definition) is 4. The van der Waals surface area contributed by atoms with Crippen molar-refractivity contribution in [3.8, 4) is 0 Å². The van der Waals surface area contributed by atoms with Crippen molar-refractivity contribution in [1.29, 1.82) is 0 Å². The molecule has 98 valence electrons. The van der Waals surface area contributed by atoms with Gasteiger partial charge in [0, 0.05) is 61.5 Å². The van der Waals surface area contributed by atoms with Crippen molar-refractivity contribution in [2.24, 2.45) is 0 Å². The molecule has 0 fully saturated rings. The van der Waals surface area contributed by atoms with E-state index in [9.17, 15) is 4.21 Å². The van der Waals surface area contributed by atoms with Gasteiger partial charge in [0.1, 0.15) is 0 Å². The van der Waals surface area contributed by atoms with E-state index in [1.54, 1.807) is 19.6 Å². The molecule has 6 heteroatoms. The van der Waals surface area contributed by atoms with Crippen LogP contribution in [0, 0.1) is 0 Å². The van der Waals surface area contributed by atoms with Crippen LogP contribution in [0.3, 0.4) is 0 Å². The van der Waals surface area contributed by atoms with Crippen LogP contribution in [0.5, 0.6) is 0 Å². The standard InChI is InChI=1S/C11H21N3O2S/c1-10(9-17(3)15)14-7-6-13-11(14)12-5-4-8-16-2/h6-7,10H,4-5,8-9H2,1-3H3,(H,12,13). The molecule has 0 saturated heterocycles. The minimum Gasteiger partial charge on any atom is -0.385 e. The Morgan fingerprint density at radius 3 is 3.06 bits per heavy atom. The molecule has 1 N–H and O–H groups in total.